The first kappa shape index (κ1) is 10.7. The van der Waals surface area contributed by atoms with Crippen molar-refractivity contribution in [2.24, 2.45) is 0 Å². The summed E-state index contributed by atoms with van der Waals surface area (Å²) < 4.78 is 10.1. The van der Waals surface area contributed by atoms with E-state index in [0.29, 0.717) is 16.7 Å². The number of hydrogen-bond donors (Lipinski definition) is 0. The van der Waals surface area contributed by atoms with Gasteiger partial charge in [0.15, 0.2) is 5.43 Å². The highest BCUT2D eigenvalue weighted by Crippen LogP contribution is 2.23. The van der Waals surface area contributed by atoms with Gasteiger partial charge in [-0.25, -0.2) is 0 Å². The average Bonchev–Trinajstić information content (AvgIpc) is 2.40. The van der Waals surface area contributed by atoms with Crippen molar-refractivity contribution >= 4 is 41.3 Å². The molecule has 3 rings (SSSR count). The molecule has 1 aliphatic rings. The van der Waals surface area contributed by atoms with Crippen LogP contribution in [0, 0.1) is 0 Å². The van der Waals surface area contributed by atoms with E-state index in [1.54, 1.807) is 12.1 Å². The Morgan fingerprint density at radius 2 is 2.06 bits per heavy atom. The van der Waals surface area contributed by atoms with Gasteiger partial charge in [-0.05, 0) is 20.2 Å². The van der Waals surface area contributed by atoms with Gasteiger partial charge in [0.2, 0.25) is 0 Å². The van der Waals surface area contributed by atoms with Crippen LogP contribution in [0.2, 0.25) is 0 Å². The molecule has 0 spiro atoms. The van der Waals surface area contributed by atoms with Gasteiger partial charge in [0.1, 0.15) is 11.3 Å². The number of rotatable bonds is 1. The number of fused-ring (bicyclic) bond motifs is 1. The van der Waals surface area contributed by atoms with Crippen molar-refractivity contribution in [2.45, 2.75) is 0 Å². The summed E-state index contributed by atoms with van der Waals surface area (Å²) in [5.74, 6) is 0.665. The maximum absolute atomic E-state index is 11.9. The van der Waals surface area contributed by atoms with Crippen molar-refractivity contribution in [3.8, 4) is 0 Å². The Kier molecular flexibility index (Phi) is 2.76. The Hall–Kier alpha value is -1.49. The molecular formula is C14H9IO2. The predicted octanol–water partition coefficient (Wildman–Crippen LogP) is 3.48. The van der Waals surface area contributed by atoms with Gasteiger partial charge in [0, 0.05) is 11.6 Å². The molecule has 0 N–H and O–H groups in total. The van der Waals surface area contributed by atoms with Gasteiger partial charge in [-0.1, -0.05) is 45.0 Å². The van der Waals surface area contributed by atoms with Gasteiger partial charge < -0.3 is 4.42 Å². The summed E-state index contributed by atoms with van der Waals surface area (Å²) >= 11 is -0.0412. The Morgan fingerprint density at radius 3 is 2.88 bits per heavy atom. The summed E-state index contributed by atoms with van der Waals surface area (Å²) in [5, 5.41) is 0.637. The van der Waals surface area contributed by atoms with E-state index >= 15 is 0 Å². The zero-order valence-corrected chi connectivity index (χ0v) is 11.0. The van der Waals surface area contributed by atoms with Crippen LogP contribution in [0.4, 0.5) is 0 Å². The lowest BCUT2D eigenvalue weighted by Gasteiger charge is -2.04. The molecule has 1 aliphatic heterocycles. The van der Waals surface area contributed by atoms with E-state index in [2.05, 4.69) is 8.09 Å². The highest BCUT2D eigenvalue weighted by atomic mass is 127. The molecule has 0 fully saturated rings. The van der Waals surface area contributed by atoms with Crippen molar-refractivity contribution in [1.82, 2.24) is 0 Å². The first-order valence-corrected chi connectivity index (χ1v) is 7.69. The van der Waals surface area contributed by atoms with Crippen molar-refractivity contribution in [2.75, 3.05) is 0 Å². The Morgan fingerprint density at radius 1 is 1.18 bits per heavy atom. The lowest BCUT2D eigenvalue weighted by Crippen LogP contribution is -2.01. The lowest BCUT2D eigenvalue weighted by atomic mass is 10.1. The third kappa shape index (κ3) is 2.02. The van der Waals surface area contributed by atoms with E-state index < -0.39 is 0 Å². The van der Waals surface area contributed by atoms with Gasteiger partial charge in [-0.3, -0.25) is 4.79 Å². The number of hydrogen-bond acceptors (Lipinski definition) is 2. The molecule has 0 atom stereocenters. The Labute approximate surface area is 108 Å². The van der Waals surface area contributed by atoms with E-state index in [9.17, 15) is 4.79 Å². The number of benzene rings is 1. The number of halogens is 1. The van der Waals surface area contributed by atoms with E-state index in [1.165, 1.54) is 0 Å². The van der Waals surface area contributed by atoms with Crippen LogP contribution in [0.1, 0.15) is 5.76 Å². The van der Waals surface area contributed by atoms with Crippen LogP contribution in [0.15, 0.2) is 55.8 Å². The van der Waals surface area contributed by atoms with E-state index in [-0.39, 0.29) is 26.2 Å². The maximum atomic E-state index is 11.9. The van der Waals surface area contributed by atoms with Crippen molar-refractivity contribution in [3.63, 3.8) is 0 Å². The quantitative estimate of drug-likeness (QED) is 0.747. The van der Waals surface area contributed by atoms with Crippen molar-refractivity contribution in [1.29, 1.82) is 0 Å². The van der Waals surface area contributed by atoms with E-state index in [4.69, 9.17) is 4.42 Å². The standard InChI is InChI=1S/C14H9IO2/c16-12-8-14(10-4-3-7-15-9-10)17-13-6-2-1-5-11(12)13/h1-9H. The van der Waals surface area contributed by atoms with Crippen LogP contribution in [0.25, 0.3) is 16.5 Å². The molecule has 0 saturated carbocycles. The summed E-state index contributed by atoms with van der Waals surface area (Å²) in [5.41, 5.74) is 1.68. The molecule has 2 nitrogen and oxygen atoms in total. The summed E-state index contributed by atoms with van der Waals surface area (Å²) in [6.07, 6.45) is 4.01. The normalized spacial score (nSPS) is 14.5. The summed E-state index contributed by atoms with van der Waals surface area (Å²) in [4.78, 5) is 11.9. The minimum absolute atomic E-state index is 0.0175. The van der Waals surface area contributed by atoms with Gasteiger partial charge >= 0.3 is 0 Å². The van der Waals surface area contributed by atoms with Crippen LogP contribution in [0.5, 0.6) is 0 Å². The molecule has 2 aromatic rings. The molecule has 1 aromatic heterocycles. The molecule has 0 saturated heterocycles. The van der Waals surface area contributed by atoms with E-state index in [0.717, 1.165) is 5.57 Å². The smallest absolute Gasteiger partial charge is 0.193 e. The lowest BCUT2D eigenvalue weighted by molar-refractivity contribution is 0.587. The minimum Gasteiger partial charge on any atom is -0.456 e. The average molecular weight is 336 g/mol. The number of allylic oxidation sites excluding steroid dienone is 3. The third-order valence-electron chi connectivity index (χ3n) is 2.52. The fraction of sp³-hybridized carbons (Fsp3) is 0. The molecule has 0 radical (unpaired) electrons. The zero-order valence-electron chi connectivity index (χ0n) is 8.89. The largest absolute Gasteiger partial charge is 0.456 e. The van der Waals surface area contributed by atoms with Crippen LogP contribution in [-0.4, -0.2) is 4.01 Å². The van der Waals surface area contributed by atoms with Gasteiger partial charge in [-0.15, -0.1) is 0 Å². The van der Waals surface area contributed by atoms with Crippen LogP contribution in [-0.2, 0) is 0 Å². The molecule has 1 aromatic carbocycles. The van der Waals surface area contributed by atoms with Gasteiger partial charge in [0.05, 0.1) is 5.39 Å². The fourth-order valence-electron chi connectivity index (χ4n) is 1.70. The number of para-hydroxylation sites is 1. The summed E-state index contributed by atoms with van der Waals surface area (Å²) in [6, 6.07) is 8.92. The molecule has 3 heteroatoms. The SMILES string of the molecule is O=c1cc(C2=CI=CC=C2)oc2ccccc12. The minimum atomic E-state index is -0.0412. The zero-order chi connectivity index (χ0) is 11.7. The Balaban J connectivity index is 2.26. The highest BCUT2D eigenvalue weighted by Gasteiger charge is 2.07. The molecule has 0 bridgehead atoms. The van der Waals surface area contributed by atoms with Crippen LogP contribution < -0.4 is 5.43 Å². The highest BCUT2D eigenvalue weighted by molar-refractivity contribution is 14.2. The third-order valence-corrected chi connectivity index (χ3v) is 4.38. The first-order valence-electron chi connectivity index (χ1n) is 5.20. The Bertz CT molecular complexity index is 720. The fourth-order valence-corrected chi connectivity index (χ4v) is 3.26. The monoisotopic (exact) mass is 336 g/mol. The molecule has 0 aliphatic carbocycles. The summed E-state index contributed by atoms with van der Waals surface area (Å²) in [7, 11) is 0. The first-order chi connectivity index (χ1) is 8.34. The van der Waals surface area contributed by atoms with Crippen LogP contribution >= 0.6 is 20.7 Å². The van der Waals surface area contributed by atoms with Crippen LogP contribution in [0.3, 0.4) is 0 Å². The molecule has 17 heavy (non-hydrogen) atoms. The van der Waals surface area contributed by atoms with Gasteiger partial charge in [-0.2, -0.15) is 0 Å². The predicted molar refractivity (Wildman–Crippen MR) is 79.7 cm³/mol. The molecule has 0 unspecified atom stereocenters. The van der Waals surface area contributed by atoms with Crippen molar-refractivity contribution < 1.29 is 4.42 Å². The second kappa shape index (κ2) is 4.41. The summed E-state index contributed by atoms with van der Waals surface area (Å²) in [6.45, 7) is 0. The molecule has 84 valence electrons. The van der Waals surface area contributed by atoms with E-state index in [1.807, 2.05) is 30.4 Å². The topological polar surface area (TPSA) is 30.2 Å². The maximum Gasteiger partial charge on any atom is 0.193 e. The van der Waals surface area contributed by atoms with Crippen molar-refractivity contribution in [3.05, 3.63) is 62.6 Å². The van der Waals surface area contributed by atoms with Gasteiger partial charge in [0.25, 0.3) is 0 Å². The molecule has 2 heterocycles. The molecular weight excluding hydrogens is 327 g/mol. The molecule has 0 amide bonds. The second-order valence-corrected chi connectivity index (χ2v) is 5.71. The second-order valence-electron chi connectivity index (χ2n) is 3.65.